The molecule has 0 bridgehead atoms. The molecule has 1 aromatic carbocycles. The Hall–Kier alpha value is -1.52. The van der Waals surface area contributed by atoms with E-state index in [9.17, 15) is 18.0 Å². The molecule has 1 aromatic rings. The Bertz CT molecular complexity index is 496. The van der Waals surface area contributed by atoms with Crippen molar-refractivity contribution in [1.29, 1.82) is 0 Å². The van der Waals surface area contributed by atoms with Gasteiger partial charge in [-0.15, -0.1) is 0 Å². The second-order valence-electron chi connectivity index (χ2n) is 5.63. The fourth-order valence-electron chi connectivity index (χ4n) is 2.66. The molecule has 1 atom stereocenters. The van der Waals surface area contributed by atoms with Crippen LogP contribution in [0.15, 0.2) is 18.2 Å². The third kappa shape index (κ3) is 2.97. The topological polar surface area (TPSA) is 20.3 Å². The van der Waals surface area contributed by atoms with Crippen LogP contribution in [0.5, 0.6) is 0 Å². The van der Waals surface area contributed by atoms with Crippen molar-refractivity contribution in [3.05, 3.63) is 29.3 Å². The van der Waals surface area contributed by atoms with E-state index in [4.69, 9.17) is 0 Å². The SMILES string of the molecule is CC(C)C1CCN(c2ccc(C=O)c(C(F)(F)F)c2)C1. The Balaban J connectivity index is 2.28. The fourth-order valence-corrected chi connectivity index (χ4v) is 2.66. The molecule has 110 valence electrons. The standard InChI is InChI=1S/C15H18F3NO/c1-10(2)11-5-6-19(8-11)13-4-3-12(9-20)14(7-13)15(16,17)18/h3-4,7,9-11H,5-6,8H2,1-2H3. The number of aldehydes is 1. The number of hydrogen-bond acceptors (Lipinski definition) is 2. The van der Waals surface area contributed by atoms with Gasteiger partial charge in [0.15, 0.2) is 6.29 Å². The van der Waals surface area contributed by atoms with Gasteiger partial charge in [0.25, 0.3) is 0 Å². The first-order chi connectivity index (χ1) is 9.32. The van der Waals surface area contributed by atoms with Crippen molar-refractivity contribution in [3.63, 3.8) is 0 Å². The van der Waals surface area contributed by atoms with Crippen LogP contribution in [0.4, 0.5) is 18.9 Å². The molecule has 1 heterocycles. The summed E-state index contributed by atoms with van der Waals surface area (Å²) >= 11 is 0. The molecule has 1 aliphatic heterocycles. The minimum atomic E-state index is -4.50. The number of rotatable bonds is 3. The van der Waals surface area contributed by atoms with E-state index in [1.54, 1.807) is 6.07 Å². The molecule has 1 unspecified atom stereocenters. The Morgan fingerprint density at radius 1 is 1.35 bits per heavy atom. The van der Waals surface area contributed by atoms with Gasteiger partial charge in [-0.25, -0.2) is 0 Å². The van der Waals surface area contributed by atoms with E-state index in [-0.39, 0.29) is 11.8 Å². The molecule has 1 aliphatic rings. The number of halogens is 3. The molecule has 0 aliphatic carbocycles. The van der Waals surface area contributed by atoms with E-state index >= 15 is 0 Å². The molecule has 2 rings (SSSR count). The number of carbonyl (C=O) groups is 1. The molecule has 1 saturated heterocycles. The number of benzene rings is 1. The van der Waals surface area contributed by atoms with Gasteiger partial charge in [-0.05, 0) is 36.5 Å². The number of nitrogens with zero attached hydrogens (tertiary/aromatic N) is 1. The Morgan fingerprint density at radius 3 is 2.55 bits per heavy atom. The van der Waals surface area contributed by atoms with Crippen LogP contribution in [-0.2, 0) is 6.18 Å². The van der Waals surface area contributed by atoms with Gasteiger partial charge < -0.3 is 4.90 Å². The van der Waals surface area contributed by atoms with Crippen molar-refractivity contribution < 1.29 is 18.0 Å². The van der Waals surface area contributed by atoms with Crippen LogP contribution >= 0.6 is 0 Å². The van der Waals surface area contributed by atoms with Crippen LogP contribution in [0.1, 0.15) is 36.2 Å². The van der Waals surface area contributed by atoms with E-state index in [1.807, 2.05) is 4.90 Å². The molecule has 1 fully saturated rings. The molecular weight excluding hydrogens is 267 g/mol. The number of alkyl halides is 3. The predicted octanol–water partition coefficient (Wildman–Crippen LogP) is 4.00. The average Bonchev–Trinajstić information content (AvgIpc) is 2.86. The number of carbonyl (C=O) groups excluding carboxylic acids is 1. The fraction of sp³-hybridized carbons (Fsp3) is 0.533. The predicted molar refractivity (Wildman–Crippen MR) is 72.0 cm³/mol. The zero-order valence-corrected chi connectivity index (χ0v) is 11.6. The highest BCUT2D eigenvalue weighted by Gasteiger charge is 2.34. The van der Waals surface area contributed by atoms with E-state index < -0.39 is 11.7 Å². The van der Waals surface area contributed by atoms with Crippen molar-refractivity contribution in [2.75, 3.05) is 18.0 Å². The molecule has 2 nitrogen and oxygen atoms in total. The van der Waals surface area contributed by atoms with Gasteiger partial charge in [0.1, 0.15) is 0 Å². The third-order valence-electron chi connectivity index (χ3n) is 4.00. The normalized spacial score (nSPS) is 19.7. The summed E-state index contributed by atoms with van der Waals surface area (Å²) in [5.41, 5.74) is -0.607. The van der Waals surface area contributed by atoms with Crippen molar-refractivity contribution in [1.82, 2.24) is 0 Å². The lowest BCUT2D eigenvalue weighted by Crippen LogP contribution is -2.22. The van der Waals surface area contributed by atoms with E-state index in [0.717, 1.165) is 25.6 Å². The van der Waals surface area contributed by atoms with Crippen LogP contribution in [0, 0.1) is 11.8 Å². The summed E-state index contributed by atoms with van der Waals surface area (Å²) in [5, 5.41) is 0. The van der Waals surface area contributed by atoms with Crippen LogP contribution in [-0.4, -0.2) is 19.4 Å². The van der Waals surface area contributed by atoms with Gasteiger partial charge in [-0.2, -0.15) is 13.2 Å². The Labute approximate surface area is 116 Å². The van der Waals surface area contributed by atoms with Crippen molar-refractivity contribution in [2.45, 2.75) is 26.4 Å². The maximum Gasteiger partial charge on any atom is 0.417 e. The number of hydrogen-bond donors (Lipinski definition) is 0. The molecule has 0 radical (unpaired) electrons. The quantitative estimate of drug-likeness (QED) is 0.782. The van der Waals surface area contributed by atoms with Gasteiger partial charge in [0, 0.05) is 24.3 Å². The van der Waals surface area contributed by atoms with Crippen LogP contribution in [0.25, 0.3) is 0 Å². The van der Waals surface area contributed by atoms with Gasteiger partial charge in [0.2, 0.25) is 0 Å². The minimum absolute atomic E-state index is 0.257. The molecule has 5 heteroatoms. The zero-order valence-electron chi connectivity index (χ0n) is 11.6. The van der Waals surface area contributed by atoms with Crippen molar-refractivity contribution in [3.8, 4) is 0 Å². The van der Waals surface area contributed by atoms with Crippen LogP contribution in [0.3, 0.4) is 0 Å². The molecule has 0 spiro atoms. The summed E-state index contributed by atoms with van der Waals surface area (Å²) in [6.45, 7) is 5.80. The summed E-state index contributed by atoms with van der Waals surface area (Å²) in [6.07, 6.45) is -3.24. The minimum Gasteiger partial charge on any atom is -0.371 e. The maximum absolute atomic E-state index is 12.9. The van der Waals surface area contributed by atoms with E-state index in [0.29, 0.717) is 17.5 Å². The molecule has 0 aromatic heterocycles. The Morgan fingerprint density at radius 2 is 2.05 bits per heavy atom. The zero-order chi connectivity index (χ0) is 14.9. The third-order valence-corrected chi connectivity index (χ3v) is 4.00. The van der Waals surface area contributed by atoms with E-state index in [1.165, 1.54) is 6.07 Å². The summed E-state index contributed by atoms with van der Waals surface area (Å²) in [6, 6.07) is 3.95. The average molecular weight is 285 g/mol. The molecule has 0 amide bonds. The van der Waals surface area contributed by atoms with E-state index in [2.05, 4.69) is 13.8 Å². The van der Waals surface area contributed by atoms with Gasteiger partial charge in [0.05, 0.1) is 5.56 Å². The van der Waals surface area contributed by atoms with Gasteiger partial charge in [-0.3, -0.25) is 4.79 Å². The first-order valence-corrected chi connectivity index (χ1v) is 6.74. The lowest BCUT2D eigenvalue weighted by atomic mass is 9.95. The Kier molecular flexibility index (Phi) is 4.06. The van der Waals surface area contributed by atoms with Gasteiger partial charge in [-0.1, -0.05) is 13.8 Å². The highest BCUT2D eigenvalue weighted by atomic mass is 19.4. The first-order valence-electron chi connectivity index (χ1n) is 6.74. The monoisotopic (exact) mass is 285 g/mol. The van der Waals surface area contributed by atoms with Crippen molar-refractivity contribution in [2.24, 2.45) is 11.8 Å². The second kappa shape index (κ2) is 5.46. The maximum atomic E-state index is 12.9. The molecule has 0 saturated carbocycles. The summed E-state index contributed by atoms with van der Waals surface area (Å²) in [5.74, 6) is 1.03. The largest absolute Gasteiger partial charge is 0.417 e. The van der Waals surface area contributed by atoms with Crippen LogP contribution in [0.2, 0.25) is 0 Å². The summed E-state index contributed by atoms with van der Waals surface area (Å²) < 4.78 is 38.8. The van der Waals surface area contributed by atoms with Crippen LogP contribution < -0.4 is 4.90 Å². The summed E-state index contributed by atoms with van der Waals surface area (Å²) in [4.78, 5) is 12.7. The molecule has 0 N–H and O–H groups in total. The van der Waals surface area contributed by atoms with Crippen molar-refractivity contribution >= 4 is 12.0 Å². The second-order valence-corrected chi connectivity index (χ2v) is 5.63. The lowest BCUT2D eigenvalue weighted by Gasteiger charge is -2.21. The molecular formula is C15H18F3NO. The molecule has 20 heavy (non-hydrogen) atoms. The lowest BCUT2D eigenvalue weighted by molar-refractivity contribution is -0.137. The highest BCUT2D eigenvalue weighted by molar-refractivity contribution is 5.79. The highest BCUT2D eigenvalue weighted by Crippen LogP contribution is 2.36. The smallest absolute Gasteiger partial charge is 0.371 e. The number of anilines is 1. The van der Waals surface area contributed by atoms with Gasteiger partial charge >= 0.3 is 6.18 Å². The first kappa shape index (κ1) is 14.9. The summed E-state index contributed by atoms with van der Waals surface area (Å²) in [7, 11) is 0.